The number of hydrogen-bond acceptors (Lipinski definition) is 2. The Morgan fingerprint density at radius 2 is 2.05 bits per heavy atom. The number of pyridine rings is 1. The van der Waals surface area contributed by atoms with Crippen LogP contribution in [0.1, 0.15) is 36.1 Å². The minimum absolute atomic E-state index is 0.308. The number of benzene rings is 1. The standard InChI is InChI=1S/C17H21BrN2/c1-3-9-20-17(15-12-19-10-8-13(15)2)11-14-6-4-5-7-16(14)18/h4-8,10,12,17,20H,3,9,11H2,1-2H3. The van der Waals surface area contributed by atoms with E-state index < -0.39 is 0 Å². The van der Waals surface area contributed by atoms with Gasteiger partial charge in [0.05, 0.1) is 0 Å². The van der Waals surface area contributed by atoms with Crippen molar-refractivity contribution < 1.29 is 0 Å². The Morgan fingerprint density at radius 1 is 1.25 bits per heavy atom. The summed E-state index contributed by atoms with van der Waals surface area (Å²) in [5, 5.41) is 3.64. The Balaban J connectivity index is 2.24. The predicted octanol–water partition coefficient (Wildman–Crippen LogP) is 4.44. The van der Waals surface area contributed by atoms with Crippen molar-refractivity contribution in [1.29, 1.82) is 0 Å². The van der Waals surface area contributed by atoms with Crippen LogP contribution in [-0.4, -0.2) is 11.5 Å². The molecule has 2 aromatic rings. The van der Waals surface area contributed by atoms with Crippen LogP contribution in [0.5, 0.6) is 0 Å². The third-order valence-electron chi connectivity index (χ3n) is 3.48. The lowest BCUT2D eigenvalue weighted by Gasteiger charge is -2.21. The molecule has 1 unspecified atom stereocenters. The van der Waals surface area contributed by atoms with Crippen molar-refractivity contribution in [2.75, 3.05) is 6.54 Å². The molecule has 0 aliphatic heterocycles. The van der Waals surface area contributed by atoms with Crippen molar-refractivity contribution in [3.05, 3.63) is 63.9 Å². The number of nitrogens with zero attached hydrogens (tertiary/aromatic N) is 1. The zero-order valence-corrected chi connectivity index (χ0v) is 13.7. The lowest BCUT2D eigenvalue weighted by Crippen LogP contribution is -2.25. The molecule has 0 bridgehead atoms. The molecule has 0 saturated carbocycles. The molecular weight excluding hydrogens is 312 g/mol. The average Bonchev–Trinajstić information content (AvgIpc) is 2.46. The Bertz CT molecular complexity index is 554. The van der Waals surface area contributed by atoms with Gasteiger partial charge >= 0.3 is 0 Å². The Morgan fingerprint density at radius 3 is 2.75 bits per heavy atom. The second-order valence-corrected chi connectivity index (χ2v) is 5.89. The summed E-state index contributed by atoms with van der Waals surface area (Å²) in [6, 6.07) is 10.8. The molecule has 0 amide bonds. The summed E-state index contributed by atoms with van der Waals surface area (Å²) in [5.41, 5.74) is 3.90. The fourth-order valence-electron chi connectivity index (χ4n) is 2.34. The highest BCUT2D eigenvalue weighted by Gasteiger charge is 2.15. The van der Waals surface area contributed by atoms with Gasteiger partial charge in [-0.1, -0.05) is 41.1 Å². The molecule has 20 heavy (non-hydrogen) atoms. The highest BCUT2D eigenvalue weighted by atomic mass is 79.9. The van der Waals surface area contributed by atoms with Gasteiger partial charge in [0, 0.05) is 22.9 Å². The first kappa shape index (κ1) is 15.2. The van der Waals surface area contributed by atoms with Gasteiger partial charge in [0.15, 0.2) is 0 Å². The van der Waals surface area contributed by atoms with Gasteiger partial charge in [0.1, 0.15) is 0 Å². The van der Waals surface area contributed by atoms with E-state index in [0.717, 1.165) is 19.4 Å². The third kappa shape index (κ3) is 3.90. The van der Waals surface area contributed by atoms with Crippen molar-refractivity contribution in [3.63, 3.8) is 0 Å². The first-order valence-corrected chi connectivity index (χ1v) is 7.89. The Labute approximate surface area is 129 Å². The van der Waals surface area contributed by atoms with E-state index in [4.69, 9.17) is 0 Å². The van der Waals surface area contributed by atoms with Crippen LogP contribution in [-0.2, 0) is 6.42 Å². The predicted molar refractivity (Wildman–Crippen MR) is 87.9 cm³/mol. The fraction of sp³-hybridized carbons (Fsp3) is 0.353. The van der Waals surface area contributed by atoms with Gasteiger partial charge in [-0.15, -0.1) is 0 Å². The summed E-state index contributed by atoms with van der Waals surface area (Å²) in [6.07, 6.45) is 5.94. The number of aryl methyl sites for hydroxylation is 1. The number of nitrogens with one attached hydrogen (secondary N) is 1. The lowest BCUT2D eigenvalue weighted by atomic mass is 9.97. The first-order chi connectivity index (χ1) is 9.72. The summed E-state index contributed by atoms with van der Waals surface area (Å²) >= 11 is 3.64. The normalized spacial score (nSPS) is 12.3. The van der Waals surface area contributed by atoms with Crippen molar-refractivity contribution in [2.45, 2.75) is 32.7 Å². The average molecular weight is 333 g/mol. The fourth-order valence-corrected chi connectivity index (χ4v) is 2.78. The quantitative estimate of drug-likeness (QED) is 0.846. The molecule has 1 heterocycles. The summed E-state index contributed by atoms with van der Waals surface area (Å²) in [6.45, 7) is 5.36. The van der Waals surface area contributed by atoms with E-state index >= 15 is 0 Å². The number of aromatic nitrogens is 1. The summed E-state index contributed by atoms with van der Waals surface area (Å²) in [7, 11) is 0. The number of hydrogen-bond donors (Lipinski definition) is 1. The third-order valence-corrected chi connectivity index (χ3v) is 4.25. The van der Waals surface area contributed by atoms with Gasteiger partial charge in [-0.2, -0.15) is 0 Å². The molecule has 1 aromatic carbocycles. The van der Waals surface area contributed by atoms with E-state index in [0.29, 0.717) is 6.04 Å². The van der Waals surface area contributed by atoms with Gasteiger partial charge in [-0.3, -0.25) is 4.98 Å². The number of rotatable bonds is 6. The molecular formula is C17H21BrN2. The minimum atomic E-state index is 0.308. The molecule has 3 heteroatoms. The molecule has 106 valence electrons. The van der Waals surface area contributed by atoms with Crippen LogP contribution in [0.3, 0.4) is 0 Å². The highest BCUT2D eigenvalue weighted by Crippen LogP contribution is 2.25. The van der Waals surface area contributed by atoms with E-state index in [9.17, 15) is 0 Å². The lowest BCUT2D eigenvalue weighted by molar-refractivity contribution is 0.525. The van der Waals surface area contributed by atoms with Gasteiger partial charge in [0.2, 0.25) is 0 Å². The Kier molecular flexibility index (Phi) is 5.74. The smallest absolute Gasteiger partial charge is 0.0379 e. The maximum atomic E-state index is 4.29. The van der Waals surface area contributed by atoms with E-state index in [1.807, 2.05) is 12.4 Å². The van der Waals surface area contributed by atoms with Gasteiger partial charge in [0.25, 0.3) is 0 Å². The SMILES string of the molecule is CCCNC(Cc1ccccc1Br)c1cnccc1C. The van der Waals surface area contributed by atoms with Crippen LogP contribution in [0.2, 0.25) is 0 Å². The molecule has 1 N–H and O–H groups in total. The van der Waals surface area contributed by atoms with Crippen molar-refractivity contribution in [2.24, 2.45) is 0 Å². The van der Waals surface area contributed by atoms with E-state index in [-0.39, 0.29) is 0 Å². The second-order valence-electron chi connectivity index (χ2n) is 5.03. The number of halogens is 1. The molecule has 0 aliphatic rings. The monoisotopic (exact) mass is 332 g/mol. The molecule has 2 nitrogen and oxygen atoms in total. The second kappa shape index (κ2) is 7.55. The van der Waals surface area contributed by atoms with Gasteiger partial charge in [-0.05, 0) is 55.1 Å². The first-order valence-electron chi connectivity index (χ1n) is 7.09. The van der Waals surface area contributed by atoms with Gasteiger partial charge in [-0.25, -0.2) is 0 Å². The van der Waals surface area contributed by atoms with E-state index in [1.165, 1.54) is 21.2 Å². The van der Waals surface area contributed by atoms with Crippen molar-refractivity contribution in [1.82, 2.24) is 10.3 Å². The van der Waals surface area contributed by atoms with E-state index in [2.05, 4.69) is 70.4 Å². The summed E-state index contributed by atoms with van der Waals surface area (Å²) in [5.74, 6) is 0. The highest BCUT2D eigenvalue weighted by molar-refractivity contribution is 9.10. The molecule has 0 fully saturated rings. The minimum Gasteiger partial charge on any atom is -0.310 e. The maximum absolute atomic E-state index is 4.29. The summed E-state index contributed by atoms with van der Waals surface area (Å²) < 4.78 is 1.17. The van der Waals surface area contributed by atoms with Crippen LogP contribution in [0.15, 0.2) is 47.2 Å². The van der Waals surface area contributed by atoms with Gasteiger partial charge < -0.3 is 5.32 Å². The van der Waals surface area contributed by atoms with Crippen LogP contribution in [0, 0.1) is 6.92 Å². The molecule has 0 spiro atoms. The molecule has 0 saturated heterocycles. The molecule has 1 atom stereocenters. The topological polar surface area (TPSA) is 24.9 Å². The Hall–Kier alpha value is -1.19. The van der Waals surface area contributed by atoms with Crippen LogP contribution < -0.4 is 5.32 Å². The van der Waals surface area contributed by atoms with Crippen molar-refractivity contribution in [3.8, 4) is 0 Å². The van der Waals surface area contributed by atoms with Crippen molar-refractivity contribution >= 4 is 15.9 Å². The van der Waals surface area contributed by atoms with E-state index in [1.54, 1.807) is 0 Å². The van der Waals surface area contributed by atoms with Crippen LogP contribution in [0.25, 0.3) is 0 Å². The van der Waals surface area contributed by atoms with Crippen LogP contribution in [0.4, 0.5) is 0 Å². The molecule has 2 rings (SSSR count). The molecule has 0 aliphatic carbocycles. The molecule has 1 aromatic heterocycles. The zero-order chi connectivity index (χ0) is 14.4. The largest absolute Gasteiger partial charge is 0.310 e. The molecule has 0 radical (unpaired) electrons. The zero-order valence-electron chi connectivity index (χ0n) is 12.1. The van der Waals surface area contributed by atoms with Crippen LogP contribution >= 0.6 is 15.9 Å². The summed E-state index contributed by atoms with van der Waals surface area (Å²) in [4.78, 5) is 4.29. The maximum Gasteiger partial charge on any atom is 0.0379 e.